The molecule has 1 saturated heterocycles. The van der Waals surface area contributed by atoms with E-state index in [1.807, 2.05) is 29.6 Å². The van der Waals surface area contributed by atoms with E-state index in [-0.39, 0.29) is 0 Å². The Hall–Kier alpha value is -0.370. The van der Waals surface area contributed by atoms with Crippen LogP contribution < -0.4 is 10.0 Å². The monoisotopic (exact) mass is 330 g/mol. The average molecular weight is 331 g/mol. The first-order valence-electron chi connectivity index (χ1n) is 6.71. The summed E-state index contributed by atoms with van der Waals surface area (Å²) in [4.78, 5) is 0.360. The molecule has 2 N–H and O–H groups in total. The maximum absolute atomic E-state index is 12.3. The molecular formula is C13H18N2O2S3. The molecule has 4 nitrogen and oxygen atoms in total. The van der Waals surface area contributed by atoms with Gasteiger partial charge in [0.1, 0.15) is 0 Å². The fourth-order valence-electron chi connectivity index (χ4n) is 2.38. The van der Waals surface area contributed by atoms with Gasteiger partial charge in [0.2, 0.25) is 10.0 Å². The summed E-state index contributed by atoms with van der Waals surface area (Å²) in [6, 6.07) is 5.36. The maximum Gasteiger partial charge on any atom is 0.240 e. The summed E-state index contributed by atoms with van der Waals surface area (Å²) < 4.78 is 27.4. The third-order valence-corrected chi connectivity index (χ3v) is 7.75. The van der Waals surface area contributed by atoms with Gasteiger partial charge >= 0.3 is 0 Å². The van der Waals surface area contributed by atoms with Crippen molar-refractivity contribution in [2.45, 2.75) is 16.6 Å². The third kappa shape index (κ3) is 3.27. The third-order valence-electron chi connectivity index (χ3n) is 3.49. The summed E-state index contributed by atoms with van der Waals surface area (Å²) in [5, 5.41) is 3.60. The number of fused-ring (bicyclic) bond motifs is 1. The normalized spacial score (nSPS) is 22.3. The number of sulfonamides is 1. The number of hydrogen-bond donors (Lipinski definition) is 2. The number of rotatable bonds is 4. The van der Waals surface area contributed by atoms with E-state index in [1.54, 1.807) is 12.1 Å². The van der Waals surface area contributed by atoms with Crippen LogP contribution in [0, 0.1) is 0 Å². The van der Waals surface area contributed by atoms with Crippen LogP contribution in [0.2, 0.25) is 0 Å². The van der Waals surface area contributed by atoms with Gasteiger partial charge in [0.15, 0.2) is 0 Å². The van der Waals surface area contributed by atoms with Crippen LogP contribution in [0.4, 0.5) is 5.69 Å². The van der Waals surface area contributed by atoms with E-state index < -0.39 is 10.0 Å². The fourth-order valence-corrected chi connectivity index (χ4v) is 6.20. The van der Waals surface area contributed by atoms with Crippen LogP contribution in [-0.2, 0) is 16.4 Å². The lowest BCUT2D eigenvalue weighted by Gasteiger charge is -2.21. The Balaban J connectivity index is 1.68. The van der Waals surface area contributed by atoms with Gasteiger partial charge in [-0.2, -0.15) is 23.5 Å². The van der Waals surface area contributed by atoms with Crippen LogP contribution in [0.1, 0.15) is 5.56 Å². The van der Waals surface area contributed by atoms with Gasteiger partial charge < -0.3 is 5.32 Å². The summed E-state index contributed by atoms with van der Waals surface area (Å²) in [6.45, 7) is 1.41. The van der Waals surface area contributed by atoms with Crippen LogP contribution >= 0.6 is 23.5 Å². The number of hydrogen-bond acceptors (Lipinski definition) is 5. The molecule has 2 aliphatic heterocycles. The van der Waals surface area contributed by atoms with E-state index in [9.17, 15) is 8.42 Å². The van der Waals surface area contributed by atoms with E-state index in [4.69, 9.17) is 0 Å². The Labute approximate surface area is 128 Å². The van der Waals surface area contributed by atoms with Crippen LogP contribution in [0.15, 0.2) is 23.1 Å². The lowest BCUT2D eigenvalue weighted by Crippen LogP contribution is -2.33. The molecule has 7 heteroatoms. The largest absolute Gasteiger partial charge is 0.384 e. The SMILES string of the molecule is O=S(=O)(NCC1CSCCS1)c1ccc2c(c1)NCC2. The first kappa shape index (κ1) is 14.6. The highest BCUT2D eigenvalue weighted by molar-refractivity contribution is 8.06. The number of benzene rings is 1. The topological polar surface area (TPSA) is 58.2 Å². The molecule has 1 fully saturated rings. The summed E-state index contributed by atoms with van der Waals surface area (Å²) in [5.74, 6) is 3.31. The smallest absolute Gasteiger partial charge is 0.240 e. The molecule has 0 saturated carbocycles. The molecule has 3 rings (SSSR count). The Bertz CT molecular complexity index is 583. The minimum absolute atomic E-state index is 0.360. The highest BCUT2D eigenvalue weighted by atomic mass is 32.2. The molecule has 0 radical (unpaired) electrons. The molecule has 1 unspecified atom stereocenters. The molecule has 110 valence electrons. The zero-order chi connectivity index (χ0) is 14.0. The average Bonchev–Trinajstić information content (AvgIpc) is 2.94. The van der Waals surface area contributed by atoms with Gasteiger partial charge in [-0.3, -0.25) is 0 Å². The molecule has 0 aromatic heterocycles. The molecule has 20 heavy (non-hydrogen) atoms. The summed E-state index contributed by atoms with van der Waals surface area (Å²) >= 11 is 3.76. The fraction of sp³-hybridized carbons (Fsp3) is 0.538. The predicted octanol–water partition coefficient (Wildman–Crippen LogP) is 1.78. The van der Waals surface area contributed by atoms with Gasteiger partial charge in [-0.15, -0.1) is 0 Å². The van der Waals surface area contributed by atoms with Crippen LogP contribution in [-0.4, -0.2) is 44.0 Å². The quantitative estimate of drug-likeness (QED) is 0.881. The van der Waals surface area contributed by atoms with Crippen molar-refractivity contribution in [1.82, 2.24) is 4.72 Å². The van der Waals surface area contributed by atoms with Crippen molar-refractivity contribution in [3.8, 4) is 0 Å². The zero-order valence-corrected chi connectivity index (χ0v) is 13.5. The Morgan fingerprint density at radius 1 is 1.35 bits per heavy atom. The van der Waals surface area contributed by atoms with E-state index in [1.165, 1.54) is 11.3 Å². The Kier molecular flexibility index (Phi) is 4.49. The highest BCUT2D eigenvalue weighted by Gasteiger charge is 2.21. The molecule has 1 atom stereocenters. The summed E-state index contributed by atoms with van der Waals surface area (Å²) in [6.07, 6.45) is 0.971. The van der Waals surface area contributed by atoms with E-state index >= 15 is 0 Å². The van der Waals surface area contributed by atoms with Gasteiger partial charge in [-0.1, -0.05) is 6.07 Å². The van der Waals surface area contributed by atoms with Gasteiger partial charge in [0.05, 0.1) is 4.90 Å². The van der Waals surface area contributed by atoms with Gasteiger partial charge in [-0.25, -0.2) is 13.1 Å². The molecule has 0 amide bonds. The van der Waals surface area contributed by atoms with Gasteiger partial charge in [0.25, 0.3) is 0 Å². The molecular weight excluding hydrogens is 312 g/mol. The van der Waals surface area contributed by atoms with Crippen molar-refractivity contribution in [1.29, 1.82) is 0 Å². The minimum Gasteiger partial charge on any atom is -0.384 e. The second-order valence-corrected chi connectivity index (χ2v) is 9.24. The molecule has 0 bridgehead atoms. The van der Waals surface area contributed by atoms with Crippen LogP contribution in [0.5, 0.6) is 0 Å². The highest BCUT2D eigenvalue weighted by Crippen LogP contribution is 2.26. The van der Waals surface area contributed by atoms with E-state index in [0.717, 1.165) is 30.2 Å². The van der Waals surface area contributed by atoms with Crippen LogP contribution in [0.3, 0.4) is 0 Å². The predicted molar refractivity (Wildman–Crippen MR) is 87.4 cm³/mol. The minimum atomic E-state index is -3.39. The Morgan fingerprint density at radius 2 is 2.25 bits per heavy atom. The number of thioether (sulfide) groups is 2. The second-order valence-electron chi connectivity index (χ2n) is 4.92. The van der Waals surface area contributed by atoms with Crippen LogP contribution in [0.25, 0.3) is 0 Å². The van der Waals surface area contributed by atoms with E-state index in [2.05, 4.69) is 10.0 Å². The molecule has 2 aliphatic rings. The number of anilines is 1. The van der Waals surface area contributed by atoms with Crippen molar-refractivity contribution in [2.24, 2.45) is 0 Å². The lowest BCUT2D eigenvalue weighted by atomic mass is 10.2. The Morgan fingerprint density at radius 3 is 3.05 bits per heavy atom. The first-order valence-corrected chi connectivity index (χ1v) is 10.4. The standard InChI is InChI=1S/C13H18N2O2S3/c16-20(17,15-8-11-9-18-5-6-19-11)12-2-1-10-3-4-14-13(10)7-12/h1-2,7,11,14-15H,3-6,8-9H2. The molecule has 0 spiro atoms. The maximum atomic E-state index is 12.3. The molecule has 0 aliphatic carbocycles. The summed E-state index contributed by atoms with van der Waals surface area (Å²) in [7, 11) is -3.39. The molecule has 1 aromatic rings. The first-order chi connectivity index (χ1) is 9.65. The van der Waals surface area contributed by atoms with Crippen molar-refractivity contribution in [2.75, 3.05) is 35.7 Å². The van der Waals surface area contributed by atoms with E-state index in [0.29, 0.717) is 16.7 Å². The molecule has 2 heterocycles. The van der Waals surface area contributed by atoms with Crippen molar-refractivity contribution >= 4 is 39.2 Å². The van der Waals surface area contributed by atoms with Crippen molar-refractivity contribution < 1.29 is 8.42 Å². The van der Waals surface area contributed by atoms with Gasteiger partial charge in [-0.05, 0) is 24.1 Å². The molecule has 1 aromatic carbocycles. The number of nitrogens with one attached hydrogen (secondary N) is 2. The second kappa shape index (κ2) is 6.17. The zero-order valence-electron chi connectivity index (χ0n) is 11.1. The lowest BCUT2D eigenvalue weighted by molar-refractivity contribution is 0.581. The summed E-state index contributed by atoms with van der Waals surface area (Å²) in [5.41, 5.74) is 2.15. The van der Waals surface area contributed by atoms with Crippen molar-refractivity contribution in [3.63, 3.8) is 0 Å². The van der Waals surface area contributed by atoms with Gasteiger partial charge in [0, 0.05) is 41.3 Å². The van der Waals surface area contributed by atoms with Crippen molar-refractivity contribution in [3.05, 3.63) is 23.8 Å².